The van der Waals surface area contributed by atoms with Crippen molar-refractivity contribution in [3.05, 3.63) is 35.9 Å². The molecule has 0 aliphatic rings. The molecule has 0 heterocycles. The molecule has 2 nitrogen and oxygen atoms in total. The van der Waals surface area contributed by atoms with Gasteiger partial charge in [-0.15, -0.1) is 0 Å². The van der Waals surface area contributed by atoms with Gasteiger partial charge in [0.2, 0.25) is 0 Å². The average molecular weight is 248 g/mol. The first-order valence-corrected chi connectivity index (χ1v) is 5.34. The minimum Gasteiger partial charge on any atom is -0.391 e. The number of rotatable bonds is 6. The zero-order chi connectivity index (χ0) is 12.7. The van der Waals surface area contributed by atoms with Crippen molar-refractivity contribution >= 4 is 0 Å². The molecule has 1 N–H and O–H groups in total. The smallest absolute Gasteiger partial charge is 0.391 e. The van der Waals surface area contributed by atoms with Crippen LogP contribution in [0.4, 0.5) is 13.2 Å². The predicted molar refractivity (Wildman–Crippen MR) is 57.6 cm³/mol. The average Bonchev–Trinajstić information content (AvgIpc) is 2.26. The van der Waals surface area contributed by atoms with Gasteiger partial charge in [0.05, 0.1) is 12.7 Å². The molecule has 0 radical (unpaired) electrons. The highest BCUT2D eigenvalue weighted by Crippen LogP contribution is 2.14. The molecule has 0 aromatic heterocycles. The number of aliphatic hydroxyl groups is 1. The van der Waals surface area contributed by atoms with Crippen molar-refractivity contribution in [2.75, 3.05) is 13.2 Å². The zero-order valence-corrected chi connectivity index (χ0v) is 9.28. The third-order valence-corrected chi connectivity index (χ3v) is 2.19. The van der Waals surface area contributed by atoms with Crippen LogP contribution < -0.4 is 0 Å². The van der Waals surface area contributed by atoms with Crippen LogP contribution in [0.5, 0.6) is 0 Å². The molecule has 0 aliphatic heterocycles. The fourth-order valence-electron chi connectivity index (χ4n) is 1.37. The maximum Gasteiger partial charge on any atom is 0.411 e. The fraction of sp³-hybridized carbons (Fsp3) is 0.500. The third-order valence-electron chi connectivity index (χ3n) is 2.19. The van der Waals surface area contributed by atoms with Gasteiger partial charge in [0.15, 0.2) is 0 Å². The summed E-state index contributed by atoms with van der Waals surface area (Å²) in [6.07, 6.45) is -4.18. The number of ether oxygens (including phenoxy) is 1. The first-order valence-electron chi connectivity index (χ1n) is 5.34. The Morgan fingerprint density at radius 1 is 1.18 bits per heavy atom. The van der Waals surface area contributed by atoms with E-state index in [1.54, 1.807) is 0 Å². The van der Waals surface area contributed by atoms with E-state index >= 15 is 0 Å². The first-order chi connectivity index (χ1) is 7.97. The quantitative estimate of drug-likeness (QED) is 0.838. The Morgan fingerprint density at radius 3 is 2.41 bits per heavy atom. The maximum atomic E-state index is 11.8. The number of halogens is 3. The van der Waals surface area contributed by atoms with E-state index in [0.717, 1.165) is 5.56 Å². The molecule has 17 heavy (non-hydrogen) atoms. The zero-order valence-electron chi connectivity index (χ0n) is 9.28. The van der Waals surface area contributed by atoms with Crippen molar-refractivity contribution in [3.63, 3.8) is 0 Å². The normalized spacial score (nSPS) is 13.6. The van der Waals surface area contributed by atoms with Gasteiger partial charge >= 0.3 is 6.18 Å². The number of hydrogen-bond donors (Lipinski definition) is 1. The van der Waals surface area contributed by atoms with Crippen LogP contribution in [0.25, 0.3) is 0 Å². The Morgan fingerprint density at radius 2 is 1.82 bits per heavy atom. The Hall–Kier alpha value is -1.07. The van der Waals surface area contributed by atoms with E-state index in [2.05, 4.69) is 4.74 Å². The van der Waals surface area contributed by atoms with Gasteiger partial charge in [-0.1, -0.05) is 30.3 Å². The van der Waals surface area contributed by atoms with Crippen LogP contribution in [0.3, 0.4) is 0 Å². The van der Waals surface area contributed by atoms with Crippen LogP contribution in [-0.2, 0) is 11.2 Å². The van der Waals surface area contributed by atoms with Crippen molar-refractivity contribution in [2.45, 2.75) is 25.1 Å². The van der Waals surface area contributed by atoms with Gasteiger partial charge in [-0.2, -0.15) is 13.2 Å². The summed E-state index contributed by atoms with van der Waals surface area (Å²) in [5.74, 6) is 0. The highest BCUT2D eigenvalue weighted by Gasteiger charge is 2.27. The minimum atomic E-state index is -4.33. The lowest BCUT2D eigenvalue weighted by Crippen LogP contribution is -2.23. The van der Waals surface area contributed by atoms with Gasteiger partial charge in [0.1, 0.15) is 6.61 Å². The molecular formula is C12H15F3O2. The van der Waals surface area contributed by atoms with Crippen LogP contribution in [0, 0.1) is 0 Å². The number of benzene rings is 1. The molecule has 1 aromatic carbocycles. The van der Waals surface area contributed by atoms with Gasteiger partial charge in [-0.3, -0.25) is 0 Å². The van der Waals surface area contributed by atoms with E-state index in [1.165, 1.54) is 0 Å². The molecule has 1 aromatic rings. The van der Waals surface area contributed by atoms with Crippen molar-refractivity contribution < 1.29 is 23.0 Å². The van der Waals surface area contributed by atoms with Crippen LogP contribution in [0.2, 0.25) is 0 Å². The second-order valence-corrected chi connectivity index (χ2v) is 3.81. The first kappa shape index (κ1) is 14.0. The highest BCUT2D eigenvalue weighted by molar-refractivity contribution is 5.14. The molecule has 96 valence electrons. The van der Waals surface area contributed by atoms with Crippen LogP contribution in [-0.4, -0.2) is 30.6 Å². The number of alkyl halides is 3. The summed E-state index contributed by atoms with van der Waals surface area (Å²) >= 11 is 0. The fourth-order valence-corrected chi connectivity index (χ4v) is 1.37. The molecule has 0 amide bonds. The molecule has 1 atom stereocenters. The molecule has 0 saturated carbocycles. The van der Waals surface area contributed by atoms with E-state index in [9.17, 15) is 18.3 Å². The van der Waals surface area contributed by atoms with Crippen molar-refractivity contribution in [3.8, 4) is 0 Å². The molecule has 5 heteroatoms. The van der Waals surface area contributed by atoms with Crippen LogP contribution in [0.15, 0.2) is 30.3 Å². The lowest BCUT2D eigenvalue weighted by atomic mass is 10.1. The molecule has 0 aliphatic carbocycles. The van der Waals surface area contributed by atoms with E-state index in [1.807, 2.05) is 30.3 Å². The topological polar surface area (TPSA) is 29.5 Å². The standard InChI is InChI=1S/C12H15F3O2/c13-12(14,15)9-17-8-11(16)7-6-10-4-2-1-3-5-10/h1-5,11,16H,6-9H2. The second kappa shape index (κ2) is 6.61. The number of aryl methyl sites for hydroxylation is 1. The molecule has 1 rings (SSSR count). The van der Waals surface area contributed by atoms with E-state index < -0.39 is 18.9 Å². The van der Waals surface area contributed by atoms with Crippen molar-refractivity contribution in [1.29, 1.82) is 0 Å². The third kappa shape index (κ3) is 6.97. The van der Waals surface area contributed by atoms with E-state index in [4.69, 9.17) is 0 Å². The summed E-state index contributed by atoms with van der Waals surface area (Å²) in [6.45, 7) is -1.60. The number of hydrogen-bond acceptors (Lipinski definition) is 2. The van der Waals surface area contributed by atoms with E-state index in [0.29, 0.717) is 12.8 Å². The summed E-state index contributed by atoms with van der Waals surface area (Å²) in [7, 11) is 0. The monoisotopic (exact) mass is 248 g/mol. The molecule has 0 saturated heterocycles. The van der Waals surface area contributed by atoms with Gasteiger partial charge in [-0.05, 0) is 18.4 Å². The summed E-state index contributed by atoms with van der Waals surface area (Å²) in [4.78, 5) is 0. The summed E-state index contributed by atoms with van der Waals surface area (Å²) < 4.78 is 39.6. The van der Waals surface area contributed by atoms with E-state index in [-0.39, 0.29) is 6.61 Å². The van der Waals surface area contributed by atoms with Gasteiger partial charge in [-0.25, -0.2) is 0 Å². The molecule has 0 bridgehead atoms. The highest BCUT2D eigenvalue weighted by atomic mass is 19.4. The summed E-state index contributed by atoms with van der Waals surface area (Å²) in [5.41, 5.74) is 1.04. The Balaban J connectivity index is 2.15. The maximum absolute atomic E-state index is 11.8. The molecule has 0 spiro atoms. The summed E-state index contributed by atoms with van der Waals surface area (Å²) in [6, 6.07) is 9.45. The number of aliphatic hydroxyl groups excluding tert-OH is 1. The second-order valence-electron chi connectivity index (χ2n) is 3.81. The lowest BCUT2D eigenvalue weighted by Gasteiger charge is -2.12. The SMILES string of the molecule is OC(CCc1ccccc1)COCC(F)(F)F. The Kier molecular flexibility index (Phi) is 5.44. The lowest BCUT2D eigenvalue weighted by molar-refractivity contribution is -0.179. The molecular weight excluding hydrogens is 233 g/mol. The Bertz CT molecular complexity index is 311. The van der Waals surface area contributed by atoms with Gasteiger partial charge in [0, 0.05) is 0 Å². The van der Waals surface area contributed by atoms with Gasteiger partial charge < -0.3 is 9.84 Å². The Labute approximate surface area is 98.0 Å². The van der Waals surface area contributed by atoms with Crippen molar-refractivity contribution in [1.82, 2.24) is 0 Å². The molecule has 0 fully saturated rings. The molecule has 1 unspecified atom stereocenters. The van der Waals surface area contributed by atoms with Crippen LogP contribution >= 0.6 is 0 Å². The minimum absolute atomic E-state index is 0.285. The van der Waals surface area contributed by atoms with Gasteiger partial charge in [0.25, 0.3) is 0 Å². The largest absolute Gasteiger partial charge is 0.411 e. The van der Waals surface area contributed by atoms with Crippen LogP contribution in [0.1, 0.15) is 12.0 Å². The summed E-state index contributed by atoms with van der Waals surface area (Å²) in [5, 5.41) is 9.41. The predicted octanol–water partition coefficient (Wildman–Crippen LogP) is 2.56. The van der Waals surface area contributed by atoms with Crippen molar-refractivity contribution in [2.24, 2.45) is 0 Å².